The van der Waals surface area contributed by atoms with Crippen LogP contribution in [0.25, 0.3) is 0 Å². The molecule has 0 radical (unpaired) electrons. The summed E-state index contributed by atoms with van der Waals surface area (Å²) in [5, 5.41) is 6.16. The Hall–Kier alpha value is -1.50. The van der Waals surface area contributed by atoms with Crippen molar-refractivity contribution in [1.29, 1.82) is 0 Å². The van der Waals surface area contributed by atoms with Gasteiger partial charge in [0.15, 0.2) is 0 Å². The molecule has 0 heterocycles. The Morgan fingerprint density at radius 1 is 1.44 bits per heavy atom. The van der Waals surface area contributed by atoms with E-state index in [2.05, 4.69) is 16.6 Å². The fourth-order valence-corrected chi connectivity index (χ4v) is 1.30. The number of hydrogen-bond donors (Lipinski definition) is 2. The van der Waals surface area contributed by atoms with Crippen LogP contribution in [0.1, 0.15) is 6.42 Å². The van der Waals surface area contributed by atoms with E-state index in [1.807, 2.05) is 12.1 Å². The highest BCUT2D eigenvalue weighted by atomic mass is 35.5. The molecule has 2 N–H and O–H groups in total. The number of carbonyl (C=O) groups is 1. The predicted molar refractivity (Wildman–Crippen MR) is 66.4 cm³/mol. The average Bonchev–Trinajstić information content (AvgIpc) is 2.28. The van der Waals surface area contributed by atoms with E-state index in [0.717, 1.165) is 0 Å². The van der Waals surface area contributed by atoms with Gasteiger partial charge in [-0.3, -0.25) is 4.79 Å². The summed E-state index contributed by atoms with van der Waals surface area (Å²) in [6.07, 6.45) is 5.69. The SMILES string of the molecule is C#CCCNCC(=O)Nc1ccccc1Cl. The van der Waals surface area contributed by atoms with E-state index in [4.69, 9.17) is 18.0 Å². The molecule has 84 valence electrons. The third-order valence-corrected chi connectivity index (χ3v) is 2.21. The lowest BCUT2D eigenvalue weighted by molar-refractivity contribution is -0.115. The summed E-state index contributed by atoms with van der Waals surface area (Å²) in [7, 11) is 0. The minimum atomic E-state index is -0.134. The summed E-state index contributed by atoms with van der Waals surface area (Å²) >= 11 is 5.89. The van der Waals surface area contributed by atoms with Crippen LogP contribution in [-0.4, -0.2) is 19.0 Å². The number of anilines is 1. The van der Waals surface area contributed by atoms with Crippen LogP contribution in [0.2, 0.25) is 5.02 Å². The molecule has 1 aromatic rings. The molecule has 0 aliphatic heterocycles. The first kappa shape index (κ1) is 12.6. The molecule has 1 rings (SSSR count). The fourth-order valence-electron chi connectivity index (χ4n) is 1.12. The van der Waals surface area contributed by atoms with Crippen molar-refractivity contribution >= 4 is 23.2 Å². The number of para-hydroxylation sites is 1. The normalized spacial score (nSPS) is 9.50. The largest absolute Gasteiger partial charge is 0.324 e. The smallest absolute Gasteiger partial charge is 0.238 e. The van der Waals surface area contributed by atoms with Crippen molar-refractivity contribution in [2.75, 3.05) is 18.4 Å². The summed E-state index contributed by atoms with van der Waals surface area (Å²) in [6.45, 7) is 0.860. The Labute approximate surface area is 100 Å². The van der Waals surface area contributed by atoms with Gasteiger partial charge < -0.3 is 10.6 Å². The quantitative estimate of drug-likeness (QED) is 0.606. The van der Waals surface area contributed by atoms with Crippen molar-refractivity contribution in [1.82, 2.24) is 5.32 Å². The van der Waals surface area contributed by atoms with Crippen LogP contribution in [0.3, 0.4) is 0 Å². The zero-order valence-corrected chi connectivity index (χ0v) is 9.55. The Morgan fingerprint density at radius 3 is 2.88 bits per heavy atom. The Kier molecular flexibility index (Phi) is 5.41. The number of terminal acetylenes is 1. The zero-order chi connectivity index (χ0) is 11.8. The van der Waals surface area contributed by atoms with Gasteiger partial charge in [0.05, 0.1) is 17.3 Å². The fraction of sp³-hybridized carbons (Fsp3) is 0.250. The summed E-state index contributed by atoms with van der Waals surface area (Å²) in [4.78, 5) is 11.4. The molecule has 0 saturated carbocycles. The second-order valence-electron chi connectivity index (χ2n) is 3.16. The third-order valence-electron chi connectivity index (χ3n) is 1.88. The van der Waals surface area contributed by atoms with Crippen LogP contribution in [0, 0.1) is 12.3 Å². The highest BCUT2D eigenvalue weighted by Crippen LogP contribution is 2.19. The molecule has 0 atom stereocenters. The van der Waals surface area contributed by atoms with E-state index in [1.54, 1.807) is 12.1 Å². The summed E-state index contributed by atoms with van der Waals surface area (Å²) in [5.74, 6) is 2.35. The first-order valence-corrected chi connectivity index (χ1v) is 5.30. The maximum atomic E-state index is 11.4. The van der Waals surface area contributed by atoms with Crippen LogP contribution in [0.15, 0.2) is 24.3 Å². The minimum absolute atomic E-state index is 0.134. The van der Waals surface area contributed by atoms with Gasteiger partial charge in [0.1, 0.15) is 0 Å². The van der Waals surface area contributed by atoms with E-state index in [-0.39, 0.29) is 12.5 Å². The average molecular weight is 237 g/mol. The number of benzene rings is 1. The second-order valence-corrected chi connectivity index (χ2v) is 3.57. The lowest BCUT2D eigenvalue weighted by Gasteiger charge is -2.07. The molecule has 0 unspecified atom stereocenters. The van der Waals surface area contributed by atoms with Gasteiger partial charge in [-0.1, -0.05) is 23.7 Å². The van der Waals surface area contributed by atoms with Crippen molar-refractivity contribution in [3.63, 3.8) is 0 Å². The van der Waals surface area contributed by atoms with E-state index >= 15 is 0 Å². The molecule has 0 bridgehead atoms. The molecule has 0 fully saturated rings. The first-order chi connectivity index (χ1) is 7.74. The number of rotatable bonds is 5. The number of hydrogen-bond acceptors (Lipinski definition) is 2. The molecule has 1 aromatic carbocycles. The highest BCUT2D eigenvalue weighted by Gasteiger charge is 2.03. The molecule has 0 aliphatic carbocycles. The van der Waals surface area contributed by atoms with E-state index in [0.29, 0.717) is 23.7 Å². The third kappa shape index (κ3) is 4.35. The topological polar surface area (TPSA) is 41.1 Å². The molecule has 1 amide bonds. The maximum Gasteiger partial charge on any atom is 0.238 e. The minimum Gasteiger partial charge on any atom is -0.324 e. The van der Waals surface area contributed by atoms with E-state index in [1.165, 1.54) is 0 Å². The molecular weight excluding hydrogens is 224 g/mol. The van der Waals surface area contributed by atoms with Crippen LogP contribution in [0.5, 0.6) is 0 Å². The molecule has 0 aromatic heterocycles. The zero-order valence-electron chi connectivity index (χ0n) is 8.79. The molecule has 0 spiro atoms. The van der Waals surface area contributed by atoms with Gasteiger partial charge in [-0.15, -0.1) is 12.3 Å². The van der Waals surface area contributed by atoms with Crippen molar-refractivity contribution < 1.29 is 4.79 Å². The van der Waals surface area contributed by atoms with Crippen molar-refractivity contribution in [2.24, 2.45) is 0 Å². The Bertz CT molecular complexity index is 398. The van der Waals surface area contributed by atoms with Crippen LogP contribution in [-0.2, 0) is 4.79 Å². The van der Waals surface area contributed by atoms with Crippen molar-refractivity contribution in [3.8, 4) is 12.3 Å². The number of nitrogens with one attached hydrogen (secondary N) is 2. The first-order valence-electron chi connectivity index (χ1n) is 4.92. The number of carbonyl (C=O) groups excluding carboxylic acids is 1. The Morgan fingerprint density at radius 2 is 2.19 bits per heavy atom. The van der Waals surface area contributed by atoms with Gasteiger partial charge in [0.2, 0.25) is 5.91 Å². The Balaban J connectivity index is 2.35. The summed E-state index contributed by atoms with van der Waals surface area (Å²) in [5.41, 5.74) is 0.618. The molecule has 0 aliphatic rings. The van der Waals surface area contributed by atoms with Gasteiger partial charge in [-0.25, -0.2) is 0 Å². The molecule has 16 heavy (non-hydrogen) atoms. The second kappa shape index (κ2) is 6.89. The van der Waals surface area contributed by atoms with Gasteiger partial charge >= 0.3 is 0 Å². The van der Waals surface area contributed by atoms with E-state index in [9.17, 15) is 4.79 Å². The molecule has 4 heteroatoms. The number of amides is 1. The molecule has 3 nitrogen and oxygen atoms in total. The molecular formula is C12H13ClN2O. The van der Waals surface area contributed by atoms with Gasteiger partial charge in [0, 0.05) is 13.0 Å². The summed E-state index contributed by atoms with van der Waals surface area (Å²) < 4.78 is 0. The van der Waals surface area contributed by atoms with Crippen LogP contribution >= 0.6 is 11.6 Å². The van der Waals surface area contributed by atoms with Gasteiger partial charge in [-0.2, -0.15) is 0 Å². The maximum absolute atomic E-state index is 11.4. The molecule has 0 saturated heterocycles. The number of halogens is 1. The van der Waals surface area contributed by atoms with Gasteiger partial charge in [0.25, 0.3) is 0 Å². The summed E-state index contributed by atoms with van der Waals surface area (Å²) in [6, 6.07) is 7.10. The lowest BCUT2D eigenvalue weighted by Crippen LogP contribution is -2.28. The van der Waals surface area contributed by atoms with Crippen LogP contribution < -0.4 is 10.6 Å². The van der Waals surface area contributed by atoms with Crippen LogP contribution in [0.4, 0.5) is 5.69 Å². The standard InChI is InChI=1S/C12H13ClN2O/c1-2-3-8-14-9-12(16)15-11-7-5-4-6-10(11)13/h1,4-7,14H,3,8-9H2,(H,15,16). The monoisotopic (exact) mass is 236 g/mol. The van der Waals surface area contributed by atoms with Gasteiger partial charge in [-0.05, 0) is 12.1 Å². The van der Waals surface area contributed by atoms with E-state index < -0.39 is 0 Å². The van der Waals surface area contributed by atoms with Crippen molar-refractivity contribution in [2.45, 2.75) is 6.42 Å². The predicted octanol–water partition coefficient (Wildman–Crippen LogP) is 1.89. The van der Waals surface area contributed by atoms with Crippen molar-refractivity contribution in [3.05, 3.63) is 29.3 Å². The highest BCUT2D eigenvalue weighted by molar-refractivity contribution is 6.33. The lowest BCUT2D eigenvalue weighted by atomic mass is 10.3.